The number of hydrogen-bond acceptors (Lipinski definition) is 5. The molecule has 0 aromatic rings. The summed E-state index contributed by atoms with van der Waals surface area (Å²) in [7, 11) is 0. The summed E-state index contributed by atoms with van der Waals surface area (Å²) in [5.41, 5.74) is -5.85. The summed E-state index contributed by atoms with van der Waals surface area (Å²) in [5.74, 6) is -3.85. The molecule has 0 saturated heterocycles. The van der Waals surface area contributed by atoms with Crippen LogP contribution in [0.15, 0.2) is 12.2 Å². The minimum absolute atomic E-state index is 0.0183. The molecule has 0 rings (SSSR count). The summed E-state index contributed by atoms with van der Waals surface area (Å²) < 4.78 is 81.4. The Morgan fingerprint density at radius 3 is 1.77 bits per heavy atom. The molecule has 0 atom stereocenters. The van der Waals surface area contributed by atoms with E-state index in [0.29, 0.717) is 0 Å². The normalized spacial score (nSPS) is 12.7. The van der Waals surface area contributed by atoms with Crippen molar-refractivity contribution < 1.29 is 50.5 Å². The van der Waals surface area contributed by atoms with Crippen LogP contribution in [0.3, 0.4) is 0 Å². The number of carbonyl (C=O) groups excluding carboxylic acids is 2. The van der Waals surface area contributed by atoms with E-state index in [-0.39, 0.29) is 5.57 Å². The average molecular weight is 337 g/mol. The van der Waals surface area contributed by atoms with Gasteiger partial charge in [0.25, 0.3) is 0 Å². The van der Waals surface area contributed by atoms with Gasteiger partial charge in [-0.2, -0.15) is 26.3 Å². The van der Waals surface area contributed by atoms with Crippen molar-refractivity contribution in [3.05, 3.63) is 12.2 Å². The van der Waals surface area contributed by atoms with Crippen LogP contribution in [-0.4, -0.2) is 43.1 Å². The maximum Gasteiger partial charge on any atom is 0.399 e. The van der Waals surface area contributed by atoms with Gasteiger partial charge in [-0.15, -0.1) is 0 Å². The second-order valence-corrected chi connectivity index (χ2v) is 4.08. The summed E-state index contributed by atoms with van der Waals surface area (Å²) in [6, 6.07) is 0. The fourth-order valence-electron chi connectivity index (χ4n) is 1.01. The summed E-state index contributed by atoms with van der Waals surface area (Å²) in [5, 5.41) is 10.9. The van der Waals surface area contributed by atoms with Crippen LogP contribution in [0.4, 0.5) is 26.3 Å². The van der Waals surface area contributed by atoms with E-state index in [0.717, 1.165) is 0 Å². The topological polar surface area (TPSA) is 75.7 Å². The lowest BCUT2D eigenvalue weighted by atomic mass is 10.0. The van der Waals surface area contributed by atoms with Crippen molar-refractivity contribution in [1.29, 1.82) is 0 Å². The minimum Gasteiger partial charge on any atom is -0.828 e. The molecule has 22 heavy (non-hydrogen) atoms. The Bertz CT molecular complexity index is 425. The largest absolute Gasteiger partial charge is 0.828 e. The molecule has 128 valence electrons. The van der Waals surface area contributed by atoms with Crippen LogP contribution in [-0.2, 0) is 19.1 Å². The zero-order chi connectivity index (χ0) is 17.8. The molecule has 0 spiro atoms. The van der Waals surface area contributed by atoms with E-state index >= 15 is 0 Å². The van der Waals surface area contributed by atoms with Crippen molar-refractivity contribution in [2.75, 3.05) is 13.2 Å². The standard InChI is InChI=1S/C11H11F6O5/c1-6(2)7(18)21-4-3-5-22-8(19)9(20,10(12,13)14)11(15,16)17/h1,3-5H2,2H3/q-1. The molecule has 0 aromatic heterocycles. The maximum absolute atomic E-state index is 12.2. The van der Waals surface area contributed by atoms with Gasteiger partial charge < -0.3 is 14.6 Å². The molecule has 5 nitrogen and oxygen atoms in total. The highest BCUT2D eigenvalue weighted by molar-refractivity contribution is 5.86. The molecule has 0 aliphatic heterocycles. The number of carbonyl (C=O) groups is 2. The lowest BCUT2D eigenvalue weighted by molar-refractivity contribution is -0.574. The van der Waals surface area contributed by atoms with Gasteiger partial charge in [0, 0.05) is 12.0 Å². The van der Waals surface area contributed by atoms with Crippen molar-refractivity contribution in [2.45, 2.75) is 31.3 Å². The molecule has 11 heteroatoms. The zero-order valence-corrected chi connectivity index (χ0v) is 11.1. The van der Waals surface area contributed by atoms with Gasteiger partial charge in [-0.25, -0.2) is 4.79 Å². The average Bonchev–Trinajstić information content (AvgIpc) is 2.33. The summed E-state index contributed by atoms with van der Waals surface area (Å²) in [6.45, 7) is 3.12. The van der Waals surface area contributed by atoms with E-state index in [4.69, 9.17) is 0 Å². The number of alkyl halides is 6. The predicted octanol–water partition coefficient (Wildman–Crippen LogP) is 1.26. The molecule has 0 saturated carbocycles. The van der Waals surface area contributed by atoms with Gasteiger partial charge in [0.15, 0.2) is 5.60 Å². The zero-order valence-electron chi connectivity index (χ0n) is 11.1. The first kappa shape index (κ1) is 20.2. The molecule has 0 heterocycles. The molecular weight excluding hydrogens is 326 g/mol. The van der Waals surface area contributed by atoms with Crippen LogP contribution in [0.2, 0.25) is 0 Å². The summed E-state index contributed by atoms with van der Waals surface area (Å²) in [4.78, 5) is 21.8. The highest BCUT2D eigenvalue weighted by Crippen LogP contribution is 2.41. The molecule has 0 aliphatic rings. The molecule has 0 radical (unpaired) electrons. The fraction of sp³-hybridized carbons (Fsp3) is 0.636. The van der Waals surface area contributed by atoms with Gasteiger partial charge in [-0.3, -0.25) is 4.79 Å². The molecule has 0 bridgehead atoms. The van der Waals surface area contributed by atoms with Gasteiger partial charge in [0.2, 0.25) is 0 Å². The van der Waals surface area contributed by atoms with E-state index in [1.54, 1.807) is 0 Å². The molecule has 0 N–H and O–H groups in total. The Hall–Kier alpha value is -1.78. The van der Waals surface area contributed by atoms with Crippen LogP contribution in [0.5, 0.6) is 0 Å². The number of rotatable bonds is 6. The Labute approximate surface area is 120 Å². The van der Waals surface area contributed by atoms with Crippen LogP contribution in [0.25, 0.3) is 0 Å². The lowest BCUT2D eigenvalue weighted by Gasteiger charge is -2.40. The van der Waals surface area contributed by atoms with Crippen molar-refractivity contribution in [3.8, 4) is 0 Å². The first-order valence-corrected chi connectivity index (χ1v) is 5.59. The molecular formula is C11H11F6O5-. The highest BCUT2D eigenvalue weighted by Gasteiger charge is 2.68. The predicted molar refractivity (Wildman–Crippen MR) is 56.2 cm³/mol. The van der Waals surface area contributed by atoms with Crippen LogP contribution in [0.1, 0.15) is 13.3 Å². The third kappa shape index (κ3) is 4.61. The van der Waals surface area contributed by atoms with Crippen molar-refractivity contribution >= 4 is 11.9 Å². The fourth-order valence-corrected chi connectivity index (χ4v) is 1.01. The Kier molecular flexibility index (Phi) is 6.42. The van der Waals surface area contributed by atoms with Gasteiger partial charge in [0.05, 0.1) is 13.2 Å². The SMILES string of the molecule is C=C(C)C(=O)OCCCOC(=O)C([O-])(C(F)(F)F)C(F)(F)F. The maximum atomic E-state index is 12.2. The number of hydrogen-bond donors (Lipinski definition) is 0. The molecule has 0 aromatic carbocycles. The first-order chi connectivity index (χ1) is 9.75. The Morgan fingerprint density at radius 2 is 1.41 bits per heavy atom. The molecule has 0 amide bonds. The van der Waals surface area contributed by atoms with E-state index in [1.807, 2.05) is 0 Å². The minimum atomic E-state index is -6.41. The molecule has 0 aliphatic carbocycles. The van der Waals surface area contributed by atoms with Gasteiger partial charge in [0.1, 0.15) is 0 Å². The first-order valence-electron chi connectivity index (χ1n) is 5.59. The third-order valence-corrected chi connectivity index (χ3v) is 2.19. The molecule has 0 fully saturated rings. The van der Waals surface area contributed by atoms with Gasteiger partial charge >= 0.3 is 24.3 Å². The van der Waals surface area contributed by atoms with Gasteiger partial charge in [-0.05, 0) is 6.92 Å². The third-order valence-electron chi connectivity index (χ3n) is 2.19. The van der Waals surface area contributed by atoms with Crippen LogP contribution < -0.4 is 5.11 Å². The summed E-state index contributed by atoms with van der Waals surface area (Å²) >= 11 is 0. The monoisotopic (exact) mass is 337 g/mol. The second-order valence-electron chi connectivity index (χ2n) is 4.08. The van der Waals surface area contributed by atoms with E-state index in [9.17, 15) is 41.0 Å². The number of halogens is 6. The second kappa shape index (κ2) is 6.99. The van der Waals surface area contributed by atoms with Crippen molar-refractivity contribution in [2.24, 2.45) is 0 Å². The van der Waals surface area contributed by atoms with E-state index in [1.165, 1.54) is 6.92 Å². The van der Waals surface area contributed by atoms with E-state index in [2.05, 4.69) is 16.1 Å². The van der Waals surface area contributed by atoms with Crippen LogP contribution in [0, 0.1) is 0 Å². The van der Waals surface area contributed by atoms with E-state index < -0.39 is 49.5 Å². The quantitative estimate of drug-likeness (QED) is 0.316. The number of ether oxygens (including phenoxy) is 2. The van der Waals surface area contributed by atoms with Crippen molar-refractivity contribution in [1.82, 2.24) is 0 Å². The number of esters is 2. The van der Waals surface area contributed by atoms with Crippen molar-refractivity contribution in [3.63, 3.8) is 0 Å². The van der Waals surface area contributed by atoms with Crippen LogP contribution >= 0.6 is 0 Å². The van der Waals surface area contributed by atoms with Gasteiger partial charge in [-0.1, -0.05) is 6.58 Å². The Balaban J connectivity index is 4.58. The highest BCUT2D eigenvalue weighted by atomic mass is 19.4. The smallest absolute Gasteiger partial charge is 0.399 e. The summed E-state index contributed by atoms with van der Waals surface area (Å²) in [6.07, 6.45) is -13.2. The lowest BCUT2D eigenvalue weighted by Crippen LogP contribution is -2.71. The Morgan fingerprint density at radius 1 is 1.00 bits per heavy atom. The molecule has 0 unspecified atom stereocenters.